The molecule has 7 nitrogen and oxygen atoms in total. The molecule has 1 aromatic rings. The van der Waals surface area contributed by atoms with E-state index in [-0.39, 0.29) is 18.9 Å². The van der Waals surface area contributed by atoms with Crippen LogP contribution in [0.5, 0.6) is 0 Å². The third-order valence-corrected chi connectivity index (χ3v) is 5.99. The summed E-state index contributed by atoms with van der Waals surface area (Å²) in [4.78, 5) is 25.4. The maximum absolute atomic E-state index is 13.6. The summed E-state index contributed by atoms with van der Waals surface area (Å²) in [7, 11) is -4.06. The third kappa shape index (κ3) is 6.00. The number of carbonyl (C=O) groups excluding carboxylic acids is 2. The molecule has 1 aliphatic rings. The van der Waals surface area contributed by atoms with Gasteiger partial charge in [-0.1, -0.05) is 19.1 Å². The summed E-state index contributed by atoms with van der Waals surface area (Å²) < 4.78 is 44.9. The van der Waals surface area contributed by atoms with Crippen LogP contribution in [0.15, 0.2) is 29.2 Å². The fourth-order valence-corrected chi connectivity index (χ4v) is 3.93. The minimum Gasteiger partial charge on any atom is -0.452 e. The molecule has 1 N–H and O–H groups in total. The largest absolute Gasteiger partial charge is 0.452 e. The Morgan fingerprint density at radius 1 is 1.30 bits per heavy atom. The van der Waals surface area contributed by atoms with Crippen molar-refractivity contribution in [3.8, 4) is 0 Å². The second-order valence-corrected chi connectivity index (χ2v) is 8.45. The van der Waals surface area contributed by atoms with Gasteiger partial charge in [0.1, 0.15) is 10.7 Å². The number of rotatable bonds is 7. The van der Waals surface area contributed by atoms with Crippen LogP contribution in [0.25, 0.3) is 0 Å². The number of carbonyl (C=O) groups is 2. The fourth-order valence-electron chi connectivity index (χ4n) is 2.82. The Hall–Kier alpha value is -2.00. The molecular formula is C18H25FN2O5S. The molecule has 2 rings (SSSR count). The molecule has 1 heterocycles. The van der Waals surface area contributed by atoms with Crippen LogP contribution < -0.4 is 4.72 Å². The molecule has 1 aliphatic heterocycles. The van der Waals surface area contributed by atoms with Gasteiger partial charge in [-0.05, 0) is 37.8 Å². The van der Waals surface area contributed by atoms with E-state index in [4.69, 9.17) is 4.74 Å². The van der Waals surface area contributed by atoms with Crippen molar-refractivity contribution in [2.75, 3.05) is 19.6 Å². The molecule has 27 heavy (non-hydrogen) atoms. The number of esters is 1. The van der Waals surface area contributed by atoms with Gasteiger partial charge in [0.2, 0.25) is 10.0 Å². The number of hydrogen-bond donors (Lipinski definition) is 1. The van der Waals surface area contributed by atoms with Crippen LogP contribution in [0, 0.1) is 11.7 Å². The van der Waals surface area contributed by atoms with Gasteiger partial charge in [-0.15, -0.1) is 0 Å². The van der Waals surface area contributed by atoms with Crippen LogP contribution in [0.1, 0.15) is 33.1 Å². The Kier molecular flexibility index (Phi) is 7.32. The van der Waals surface area contributed by atoms with Crippen molar-refractivity contribution in [2.24, 2.45) is 5.92 Å². The molecule has 0 bridgehead atoms. The summed E-state index contributed by atoms with van der Waals surface area (Å²) in [5.74, 6) is -1.24. The van der Waals surface area contributed by atoms with Gasteiger partial charge in [-0.3, -0.25) is 9.59 Å². The van der Waals surface area contributed by atoms with Crippen molar-refractivity contribution in [3.05, 3.63) is 30.1 Å². The molecule has 1 aromatic carbocycles. The third-order valence-electron chi connectivity index (χ3n) is 4.50. The van der Waals surface area contributed by atoms with E-state index in [0.717, 1.165) is 25.0 Å². The first-order chi connectivity index (χ1) is 12.7. The molecule has 0 saturated carbocycles. The number of amides is 1. The quantitative estimate of drug-likeness (QED) is 0.703. The molecule has 0 aromatic heterocycles. The number of likely N-dealkylation sites (tertiary alicyclic amines) is 1. The van der Waals surface area contributed by atoms with Crippen LogP contribution in [0.2, 0.25) is 0 Å². The number of nitrogens with zero attached hydrogens (tertiary/aromatic N) is 1. The van der Waals surface area contributed by atoms with Crippen molar-refractivity contribution in [3.63, 3.8) is 0 Å². The van der Waals surface area contributed by atoms with E-state index in [1.807, 2.05) is 0 Å². The van der Waals surface area contributed by atoms with Gasteiger partial charge in [0.05, 0.1) is 6.42 Å². The highest BCUT2D eigenvalue weighted by atomic mass is 32.2. The number of ether oxygens (including phenoxy) is 1. The van der Waals surface area contributed by atoms with Gasteiger partial charge in [0, 0.05) is 19.6 Å². The van der Waals surface area contributed by atoms with Crippen molar-refractivity contribution in [1.82, 2.24) is 9.62 Å². The van der Waals surface area contributed by atoms with E-state index in [1.54, 1.807) is 4.90 Å². The van der Waals surface area contributed by atoms with Crippen LogP contribution in [-0.2, 0) is 24.3 Å². The lowest BCUT2D eigenvalue weighted by atomic mass is 9.99. The zero-order valence-corrected chi connectivity index (χ0v) is 16.3. The lowest BCUT2D eigenvalue weighted by molar-refractivity contribution is -0.159. The van der Waals surface area contributed by atoms with Gasteiger partial charge < -0.3 is 9.64 Å². The minimum atomic E-state index is -4.06. The average Bonchev–Trinajstić information content (AvgIpc) is 2.61. The molecule has 1 amide bonds. The van der Waals surface area contributed by atoms with Crippen LogP contribution >= 0.6 is 0 Å². The van der Waals surface area contributed by atoms with Gasteiger partial charge in [-0.2, -0.15) is 0 Å². The summed E-state index contributed by atoms with van der Waals surface area (Å²) in [6.07, 6.45) is 0.658. The number of sulfonamides is 1. The van der Waals surface area contributed by atoms with Gasteiger partial charge in [0.25, 0.3) is 5.91 Å². The number of benzene rings is 1. The summed E-state index contributed by atoms with van der Waals surface area (Å²) in [6.45, 7) is 4.67. The highest BCUT2D eigenvalue weighted by Crippen LogP contribution is 2.17. The van der Waals surface area contributed by atoms with Crippen LogP contribution in [0.4, 0.5) is 4.39 Å². The first kappa shape index (κ1) is 21.3. The molecule has 1 atom stereocenters. The van der Waals surface area contributed by atoms with Gasteiger partial charge in [0.15, 0.2) is 6.10 Å². The van der Waals surface area contributed by atoms with Crippen molar-refractivity contribution >= 4 is 21.9 Å². The molecule has 0 spiro atoms. The van der Waals surface area contributed by atoms with E-state index < -0.39 is 32.8 Å². The van der Waals surface area contributed by atoms with Crippen molar-refractivity contribution < 1.29 is 27.1 Å². The van der Waals surface area contributed by atoms with Crippen molar-refractivity contribution in [2.45, 2.75) is 44.1 Å². The first-order valence-electron chi connectivity index (χ1n) is 8.93. The lowest BCUT2D eigenvalue weighted by Gasteiger charge is -2.31. The van der Waals surface area contributed by atoms with E-state index in [0.29, 0.717) is 19.0 Å². The van der Waals surface area contributed by atoms with Crippen LogP contribution in [0.3, 0.4) is 0 Å². The molecule has 9 heteroatoms. The Morgan fingerprint density at radius 3 is 2.56 bits per heavy atom. The van der Waals surface area contributed by atoms with E-state index in [1.165, 1.54) is 19.1 Å². The second kappa shape index (κ2) is 9.27. The average molecular weight is 400 g/mol. The lowest BCUT2D eigenvalue weighted by Crippen LogP contribution is -2.44. The predicted octanol–water partition coefficient (Wildman–Crippen LogP) is 1.68. The predicted molar refractivity (Wildman–Crippen MR) is 96.7 cm³/mol. The minimum absolute atomic E-state index is 0.248. The Bertz CT molecular complexity index is 776. The number of nitrogens with one attached hydrogen (secondary N) is 1. The molecule has 1 fully saturated rings. The summed E-state index contributed by atoms with van der Waals surface area (Å²) in [5, 5.41) is 0. The Balaban J connectivity index is 1.79. The molecule has 0 aliphatic carbocycles. The van der Waals surface area contributed by atoms with Crippen molar-refractivity contribution in [1.29, 1.82) is 0 Å². The molecule has 150 valence electrons. The first-order valence-corrected chi connectivity index (χ1v) is 10.4. The summed E-state index contributed by atoms with van der Waals surface area (Å²) in [5.41, 5.74) is 0. The maximum atomic E-state index is 13.6. The molecule has 0 unspecified atom stereocenters. The SMILES string of the molecule is CC1CCN(C(=O)[C@H](C)OC(=O)CCNS(=O)(=O)c2ccccc2F)CC1. The van der Waals surface area contributed by atoms with Gasteiger partial charge in [-0.25, -0.2) is 17.5 Å². The topological polar surface area (TPSA) is 92.8 Å². The standard InChI is InChI=1S/C18H25FN2O5S/c1-13-8-11-21(12-9-13)18(23)14(2)26-17(22)7-10-20-27(24,25)16-6-4-3-5-15(16)19/h3-6,13-14,20H,7-12H2,1-2H3/t14-/m0/s1. The van der Waals surface area contributed by atoms with Gasteiger partial charge >= 0.3 is 5.97 Å². The van der Waals surface area contributed by atoms with E-state index in [2.05, 4.69) is 11.6 Å². The highest BCUT2D eigenvalue weighted by Gasteiger charge is 2.27. The fraction of sp³-hybridized carbons (Fsp3) is 0.556. The zero-order chi connectivity index (χ0) is 20.0. The number of halogens is 1. The van der Waals surface area contributed by atoms with E-state index in [9.17, 15) is 22.4 Å². The Labute approximate surface area is 158 Å². The molecule has 1 saturated heterocycles. The smallest absolute Gasteiger partial charge is 0.307 e. The highest BCUT2D eigenvalue weighted by molar-refractivity contribution is 7.89. The normalized spacial score (nSPS) is 16.8. The zero-order valence-electron chi connectivity index (χ0n) is 15.5. The monoisotopic (exact) mass is 400 g/mol. The molecule has 0 radical (unpaired) electrons. The number of piperidine rings is 1. The summed E-state index contributed by atoms with van der Waals surface area (Å²) in [6, 6.07) is 4.96. The van der Waals surface area contributed by atoms with E-state index >= 15 is 0 Å². The summed E-state index contributed by atoms with van der Waals surface area (Å²) >= 11 is 0. The number of hydrogen-bond acceptors (Lipinski definition) is 5. The van der Waals surface area contributed by atoms with Crippen LogP contribution in [-0.4, -0.2) is 50.9 Å². The second-order valence-electron chi connectivity index (χ2n) is 6.72. The Morgan fingerprint density at radius 2 is 1.93 bits per heavy atom. The molecular weight excluding hydrogens is 375 g/mol. The maximum Gasteiger partial charge on any atom is 0.307 e.